The zero-order valence-corrected chi connectivity index (χ0v) is 12.4. The third-order valence-corrected chi connectivity index (χ3v) is 3.82. The van der Waals surface area contributed by atoms with Crippen molar-refractivity contribution < 1.29 is 0 Å². The molecule has 1 aliphatic carbocycles. The van der Waals surface area contributed by atoms with Gasteiger partial charge in [-0.1, -0.05) is 17.7 Å². The SMILES string of the molecule is O=c1c(NCCc2ccccn2)c(Cl)cnn1CC1CC1. The normalized spacial score (nSPS) is 14.1. The summed E-state index contributed by atoms with van der Waals surface area (Å²) in [6.45, 7) is 1.30. The van der Waals surface area contributed by atoms with Gasteiger partial charge in [-0.25, -0.2) is 4.68 Å². The van der Waals surface area contributed by atoms with Crippen molar-refractivity contribution in [3.05, 3.63) is 51.7 Å². The van der Waals surface area contributed by atoms with Gasteiger partial charge in [0.15, 0.2) is 0 Å². The Labute approximate surface area is 128 Å². The molecular weight excluding hydrogens is 288 g/mol. The Bertz CT molecular complexity index is 667. The molecule has 0 saturated heterocycles. The van der Waals surface area contributed by atoms with Gasteiger partial charge in [-0.15, -0.1) is 0 Å². The summed E-state index contributed by atoms with van der Waals surface area (Å²) in [5.41, 5.74) is 1.27. The van der Waals surface area contributed by atoms with E-state index in [-0.39, 0.29) is 5.56 Å². The molecule has 6 heteroatoms. The third kappa shape index (κ3) is 3.61. The van der Waals surface area contributed by atoms with Crippen molar-refractivity contribution in [2.45, 2.75) is 25.8 Å². The highest BCUT2D eigenvalue weighted by molar-refractivity contribution is 6.32. The van der Waals surface area contributed by atoms with Gasteiger partial charge in [0.1, 0.15) is 5.69 Å². The number of nitrogens with one attached hydrogen (secondary N) is 1. The third-order valence-electron chi connectivity index (χ3n) is 3.53. The van der Waals surface area contributed by atoms with Crippen molar-refractivity contribution in [1.29, 1.82) is 0 Å². The number of halogens is 1. The van der Waals surface area contributed by atoms with Crippen LogP contribution in [0.5, 0.6) is 0 Å². The van der Waals surface area contributed by atoms with E-state index in [0.29, 0.717) is 29.7 Å². The summed E-state index contributed by atoms with van der Waals surface area (Å²) in [6.07, 6.45) is 6.39. The maximum atomic E-state index is 12.3. The van der Waals surface area contributed by atoms with Crippen LogP contribution < -0.4 is 10.9 Å². The van der Waals surface area contributed by atoms with E-state index in [4.69, 9.17) is 11.6 Å². The number of aromatic nitrogens is 3. The predicted octanol–water partition coefficient (Wildman–Crippen LogP) is 2.36. The molecule has 0 radical (unpaired) electrons. The lowest BCUT2D eigenvalue weighted by Gasteiger charge is -2.10. The van der Waals surface area contributed by atoms with Crippen molar-refractivity contribution in [2.24, 2.45) is 5.92 Å². The maximum absolute atomic E-state index is 12.3. The minimum atomic E-state index is -0.143. The zero-order chi connectivity index (χ0) is 14.7. The lowest BCUT2D eigenvalue weighted by atomic mass is 10.2. The van der Waals surface area contributed by atoms with Gasteiger partial charge in [-0.05, 0) is 30.9 Å². The second-order valence-corrected chi connectivity index (χ2v) is 5.70. The van der Waals surface area contributed by atoms with Crippen LogP contribution in [0, 0.1) is 5.92 Å². The number of rotatable bonds is 6. The average molecular weight is 305 g/mol. The molecule has 2 aromatic rings. The molecule has 0 spiro atoms. The van der Waals surface area contributed by atoms with Gasteiger partial charge in [0.05, 0.1) is 11.2 Å². The van der Waals surface area contributed by atoms with Crippen molar-refractivity contribution in [3.8, 4) is 0 Å². The van der Waals surface area contributed by atoms with Crippen molar-refractivity contribution in [3.63, 3.8) is 0 Å². The van der Waals surface area contributed by atoms with Crippen molar-refractivity contribution in [1.82, 2.24) is 14.8 Å². The number of pyridine rings is 1. The zero-order valence-electron chi connectivity index (χ0n) is 11.6. The molecule has 0 atom stereocenters. The summed E-state index contributed by atoms with van der Waals surface area (Å²) in [4.78, 5) is 16.6. The van der Waals surface area contributed by atoms with Crippen LogP contribution in [0.1, 0.15) is 18.5 Å². The molecule has 2 heterocycles. The summed E-state index contributed by atoms with van der Waals surface area (Å²) in [5, 5.41) is 7.59. The number of nitrogens with zero attached hydrogens (tertiary/aromatic N) is 3. The molecule has 110 valence electrons. The Balaban J connectivity index is 1.67. The molecule has 1 aliphatic rings. The molecule has 1 fully saturated rings. The Hall–Kier alpha value is -1.88. The molecule has 5 nitrogen and oxygen atoms in total. The second-order valence-electron chi connectivity index (χ2n) is 5.30. The van der Waals surface area contributed by atoms with E-state index in [0.717, 1.165) is 12.1 Å². The molecule has 21 heavy (non-hydrogen) atoms. The van der Waals surface area contributed by atoms with Gasteiger partial charge in [-0.2, -0.15) is 5.10 Å². The first kappa shape index (κ1) is 14.1. The fourth-order valence-corrected chi connectivity index (χ4v) is 2.36. The van der Waals surface area contributed by atoms with Gasteiger partial charge in [0.2, 0.25) is 0 Å². The van der Waals surface area contributed by atoms with Gasteiger partial charge in [-0.3, -0.25) is 9.78 Å². The van der Waals surface area contributed by atoms with E-state index >= 15 is 0 Å². The Morgan fingerprint density at radius 1 is 1.38 bits per heavy atom. The van der Waals surface area contributed by atoms with Crippen molar-refractivity contribution in [2.75, 3.05) is 11.9 Å². The highest BCUT2D eigenvalue weighted by Gasteiger charge is 2.23. The van der Waals surface area contributed by atoms with Crippen LogP contribution in [0.25, 0.3) is 0 Å². The van der Waals surface area contributed by atoms with Gasteiger partial charge in [0.25, 0.3) is 5.56 Å². The standard InChI is InChI=1S/C15H17ClN4O/c16-13-9-19-20(10-11-4-5-11)15(21)14(13)18-8-6-12-3-1-2-7-17-12/h1-3,7,9,11,18H,4-6,8,10H2. The smallest absolute Gasteiger partial charge is 0.291 e. The van der Waals surface area contributed by atoms with Crippen LogP contribution >= 0.6 is 11.6 Å². The van der Waals surface area contributed by atoms with Gasteiger partial charge >= 0.3 is 0 Å². The molecule has 1 saturated carbocycles. The first-order valence-electron chi connectivity index (χ1n) is 7.13. The van der Waals surface area contributed by atoms with E-state index < -0.39 is 0 Å². The lowest BCUT2D eigenvalue weighted by molar-refractivity contribution is 0.534. The van der Waals surface area contributed by atoms with E-state index in [1.165, 1.54) is 23.7 Å². The van der Waals surface area contributed by atoms with Crippen LogP contribution in [-0.4, -0.2) is 21.3 Å². The molecule has 0 bridgehead atoms. The van der Waals surface area contributed by atoms with Crippen LogP contribution in [-0.2, 0) is 13.0 Å². The Kier molecular flexibility index (Phi) is 4.20. The largest absolute Gasteiger partial charge is 0.379 e. The first-order chi connectivity index (χ1) is 10.2. The minimum absolute atomic E-state index is 0.143. The fraction of sp³-hybridized carbons (Fsp3) is 0.400. The summed E-state index contributed by atoms with van der Waals surface area (Å²) in [6, 6.07) is 5.79. The maximum Gasteiger partial charge on any atom is 0.291 e. The van der Waals surface area contributed by atoms with Crippen LogP contribution in [0.4, 0.5) is 5.69 Å². The monoisotopic (exact) mass is 304 g/mol. The van der Waals surface area contributed by atoms with Crippen LogP contribution in [0.15, 0.2) is 35.4 Å². The molecule has 2 aromatic heterocycles. The number of hydrogen-bond donors (Lipinski definition) is 1. The quantitative estimate of drug-likeness (QED) is 0.890. The second kappa shape index (κ2) is 6.26. The number of hydrogen-bond acceptors (Lipinski definition) is 4. The van der Waals surface area contributed by atoms with Gasteiger partial charge in [0, 0.05) is 31.4 Å². The van der Waals surface area contributed by atoms with Gasteiger partial charge < -0.3 is 5.32 Å². The summed E-state index contributed by atoms with van der Waals surface area (Å²) >= 11 is 6.08. The molecule has 0 aliphatic heterocycles. The topological polar surface area (TPSA) is 59.8 Å². The molecule has 3 rings (SSSR count). The average Bonchev–Trinajstić information content (AvgIpc) is 3.31. The molecular formula is C15H17ClN4O. The Morgan fingerprint density at radius 3 is 2.95 bits per heavy atom. The Morgan fingerprint density at radius 2 is 2.24 bits per heavy atom. The summed E-state index contributed by atoms with van der Waals surface area (Å²) in [7, 11) is 0. The predicted molar refractivity (Wildman–Crippen MR) is 82.7 cm³/mol. The fourth-order valence-electron chi connectivity index (χ4n) is 2.17. The van der Waals surface area contributed by atoms with E-state index in [1.807, 2.05) is 18.2 Å². The summed E-state index contributed by atoms with van der Waals surface area (Å²) in [5.74, 6) is 0.595. The highest BCUT2D eigenvalue weighted by atomic mass is 35.5. The van der Waals surface area contributed by atoms with Crippen LogP contribution in [0.2, 0.25) is 5.02 Å². The number of anilines is 1. The molecule has 1 N–H and O–H groups in total. The molecule has 0 aromatic carbocycles. The summed E-state index contributed by atoms with van der Waals surface area (Å²) < 4.78 is 1.51. The lowest BCUT2D eigenvalue weighted by Crippen LogP contribution is -2.27. The minimum Gasteiger partial charge on any atom is -0.379 e. The van der Waals surface area contributed by atoms with Crippen molar-refractivity contribution >= 4 is 17.3 Å². The van der Waals surface area contributed by atoms with E-state index in [1.54, 1.807) is 6.20 Å². The van der Waals surface area contributed by atoms with E-state index in [2.05, 4.69) is 15.4 Å². The molecule has 0 amide bonds. The first-order valence-corrected chi connectivity index (χ1v) is 7.51. The highest BCUT2D eigenvalue weighted by Crippen LogP contribution is 2.30. The van der Waals surface area contributed by atoms with E-state index in [9.17, 15) is 4.79 Å². The molecule has 0 unspecified atom stereocenters. The van der Waals surface area contributed by atoms with Crippen LogP contribution in [0.3, 0.4) is 0 Å².